The maximum atomic E-state index is 10.2. The molecule has 1 heteroatoms. The van der Waals surface area contributed by atoms with Crippen molar-refractivity contribution in [2.24, 2.45) is 0 Å². The zero-order valence-electron chi connectivity index (χ0n) is 11.1. The molecule has 0 saturated heterocycles. The van der Waals surface area contributed by atoms with Gasteiger partial charge >= 0.3 is 0 Å². The molecule has 1 aliphatic rings. The molecular formula is C17H20O. The Bertz CT molecular complexity index is 508. The van der Waals surface area contributed by atoms with Crippen LogP contribution in [0.25, 0.3) is 0 Å². The van der Waals surface area contributed by atoms with Gasteiger partial charge in [-0.25, -0.2) is 0 Å². The Kier molecular flexibility index (Phi) is 3.83. The molecule has 2 rings (SSSR count). The van der Waals surface area contributed by atoms with E-state index in [1.165, 1.54) is 16.7 Å². The highest BCUT2D eigenvalue weighted by Gasteiger charge is 2.30. The van der Waals surface area contributed by atoms with Crippen LogP contribution in [0.5, 0.6) is 0 Å². The molecule has 0 heterocycles. The number of rotatable bonds is 3. The summed E-state index contributed by atoms with van der Waals surface area (Å²) in [6, 6.07) is 6.36. The number of fused-ring (bicyclic) bond motifs is 1. The summed E-state index contributed by atoms with van der Waals surface area (Å²) in [4.78, 5) is 0. The van der Waals surface area contributed by atoms with Gasteiger partial charge in [0.1, 0.15) is 0 Å². The average molecular weight is 240 g/mol. The molecular weight excluding hydrogens is 220 g/mol. The van der Waals surface area contributed by atoms with Gasteiger partial charge < -0.3 is 5.11 Å². The van der Waals surface area contributed by atoms with E-state index in [1.54, 1.807) is 0 Å². The van der Waals surface area contributed by atoms with Crippen molar-refractivity contribution in [3.63, 3.8) is 0 Å². The van der Waals surface area contributed by atoms with Crippen molar-refractivity contribution in [3.05, 3.63) is 71.3 Å². The summed E-state index contributed by atoms with van der Waals surface area (Å²) in [7, 11) is 0. The normalized spacial score (nSPS) is 23.4. The fraction of sp³-hybridized carbons (Fsp3) is 0.294. The van der Waals surface area contributed by atoms with E-state index < -0.39 is 0 Å². The lowest BCUT2D eigenvalue weighted by Gasteiger charge is -2.13. The molecule has 0 aromatic heterocycles. The minimum absolute atomic E-state index is 0.282. The number of aliphatic hydroxyl groups is 1. The zero-order chi connectivity index (χ0) is 13.1. The summed E-state index contributed by atoms with van der Waals surface area (Å²) in [6.45, 7) is 7.84. The van der Waals surface area contributed by atoms with Crippen molar-refractivity contribution >= 4 is 0 Å². The molecule has 0 radical (unpaired) electrons. The Morgan fingerprint density at radius 1 is 1.39 bits per heavy atom. The Balaban J connectivity index is 2.45. The number of hydrogen-bond acceptors (Lipinski definition) is 1. The molecule has 0 saturated carbocycles. The third-order valence-corrected chi connectivity index (χ3v) is 3.51. The first-order chi connectivity index (χ1) is 8.67. The molecule has 0 spiro atoms. The highest BCUT2D eigenvalue weighted by atomic mass is 16.3. The van der Waals surface area contributed by atoms with Gasteiger partial charge in [0, 0.05) is 5.92 Å². The second-order valence-corrected chi connectivity index (χ2v) is 4.84. The standard InChI is InChI=1S/C17H20O/c1-4-6-13(7-5-2)15-11-17(18)16-10-12(3)8-9-14(15)16/h4-10,15,17-18H,1,11H2,2-3H3/b7-5-,13-6+. The van der Waals surface area contributed by atoms with Crippen LogP contribution in [-0.2, 0) is 0 Å². The van der Waals surface area contributed by atoms with Crippen LogP contribution in [0, 0.1) is 6.92 Å². The first-order valence-electron chi connectivity index (χ1n) is 6.41. The molecule has 0 bridgehead atoms. The predicted molar refractivity (Wildman–Crippen MR) is 76.6 cm³/mol. The zero-order valence-corrected chi connectivity index (χ0v) is 11.1. The Morgan fingerprint density at radius 2 is 2.17 bits per heavy atom. The van der Waals surface area contributed by atoms with Crippen LogP contribution in [0.1, 0.15) is 42.1 Å². The largest absolute Gasteiger partial charge is 0.388 e. The van der Waals surface area contributed by atoms with E-state index in [0.29, 0.717) is 0 Å². The summed E-state index contributed by atoms with van der Waals surface area (Å²) in [5.41, 5.74) is 4.75. The number of aryl methyl sites for hydroxylation is 1. The van der Waals surface area contributed by atoms with Crippen LogP contribution in [-0.4, -0.2) is 5.11 Å². The van der Waals surface area contributed by atoms with Crippen LogP contribution in [0.4, 0.5) is 0 Å². The minimum atomic E-state index is -0.344. The number of hydrogen-bond donors (Lipinski definition) is 1. The predicted octanol–water partition coefficient (Wildman–Crippen LogP) is 4.20. The fourth-order valence-corrected chi connectivity index (χ4v) is 2.71. The van der Waals surface area contributed by atoms with Gasteiger partial charge in [-0.2, -0.15) is 0 Å². The summed E-state index contributed by atoms with van der Waals surface area (Å²) >= 11 is 0. The molecule has 1 aliphatic carbocycles. The van der Waals surface area contributed by atoms with Gasteiger partial charge in [-0.1, -0.05) is 54.6 Å². The van der Waals surface area contributed by atoms with E-state index in [-0.39, 0.29) is 12.0 Å². The minimum Gasteiger partial charge on any atom is -0.388 e. The molecule has 0 fully saturated rings. The average Bonchev–Trinajstić information content (AvgIpc) is 2.66. The van der Waals surface area contributed by atoms with E-state index in [4.69, 9.17) is 0 Å². The second kappa shape index (κ2) is 5.36. The number of benzene rings is 1. The van der Waals surface area contributed by atoms with E-state index in [1.807, 2.05) is 25.2 Å². The molecule has 94 valence electrons. The first kappa shape index (κ1) is 12.8. The van der Waals surface area contributed by atoms with Crippen LogP contribution < -0.4 is 0 Å². The van der Waals surface area contributed by atoms with Gasteiger partial charge in [0.05, 0.1) is 6.10 Å². The molecule has 2 unspecified atom stereocenters. The lowest BCUT2D eigenvalue weighted by molar-refractivity contribution is 0.176. The van der Waals surface area contributed by atoms with Gasteiger partial charge in [-0.15, -0.1) is 0 Å². The molecule has 1 aromatic carbocycles. The van der Waals surface area contributed by atoms with Gasteiger partial charge in [-0.3, -0.25) is 0 Å². The lowest BCUT2D eigenvalue weighted by atomic mass is 9.91. The highest BCUT2D eigenvalue weighted by Crippen LogP contribution is 2.44. The monoisotopic (exact) mass is 240 g/mol. The SMILES string of the molecule is C=C/C=C(\C=C/C)C1CC(O)c2cc(C)ccc21. The summed E-state index contributed by atoms with van der Waals surface area (Å²) < 4.78 is 0. The number of allylic oxidation sites excluding steroid dienone is 5. The van der Waals surface area contributed by atoms with Gasteiger partial charge in [0.15, 0.2) is 0 Å². The second-order valence-electron chi connectivity index (χ2n) is 4.84. The Morgan fingerprint density at radius 3 is 2.83 bits per heavy atom. The molecule has 18 heavy (non-hydrogen) atoms. The van der Waals surface area contributed by atoms with Crippen molar-refractivity contribution < 1.29 is 5.11 Å². The van der Waals surface area contributed by atoms with Crippen molar-refractivity contribution in [3.8, 4) is 0 Å². The quantitative estimate of drug-likeness (QED) is 0.785. The van der Waals surface area contributed by atoms with Crippen LogP contribution in [0.3, 0.4) is 0 Å². The topological polar surface area (TPSA) is 20.2 Å². The van der Waals surface area contributed by atoms with Crippen molar-refractivity contribution in [2.45, 2.75) is 32.3 Å². The molecule has 0 aliphatic heterocycles. The lowest BCUT2D eigenvalue weighted by Crippen LogP contribution is -1.96. The van der Waals surface area contributed by atoms with E-state index in [9.17, 15) is 5.11 Å². The Labute approximate surface area is 109 Å². The third kappa shape index (κ3) is 2.32. The van der Waals surface area contributed by atoms with E-state index in [2.05, 4.69) is 37.8 Å². The summed E-state index contributed by atoms with van der Waals surface area (Å²) in [6.07, 6.45) is 8.41. The third-order valence-electron chi connectivity index (χ3n) is 3.51. The Hall–Kier alpha value is -1.60. The van der Waals surface area contributed by atoms with Crippen LogP contribution >= 0.6 is 0 Å². The summed E-state index contributed by atoms with van der Waals surface area (Å²) in [5.74, 6) is 0.282. The van der Waals surface area contributed by atoms with Crippen LogP contribution in [0.15, 0.2) is 54.7 Å². The van der Waals surface area contributed by atoms with Crippen molar-refractivity contribution in [2.75, 3.05) is 0 Å². The fourth-order valence-electron chi connectivity index (χ4n) is 2.71. The molecule has 1 nitrogen and oxygen atoms in total. The molecule has 1 aromatic rings. The number of aliphatic hydroxyl groups excluding tert-OH is 1. The first-order valence-corrected chi connectivity index (χ1v) is 6.41. The summed E-state index contributed by atoms with van der Waals surface area (Å²) in [5, 5.41) is 10.2. The maximum absolute atomic E-state index is 10.2. The van der Waals surface area contributed by atoms with Gasteiger partial charge in [-0.05, 0) is 37.0 Å². The van der Waals surface area contributed by atoms with E-state index >= 15 is 0 Å². The molecule has 2 atom stereocenters. The maximum Gasteiger partial charge on any atom is 0.0802 e. The van der Waals surface area contributed by atoms with Crippen molar-refractivity contribution in [1.82, 2.24) is 0 Å². The molecule has 1 N–H and O–H groups in total. The van der Waals surface area contributed by atoms with Crippen molar-refractivity contribution in [1.29, 1.82) is 0 Å². The van der Waals surface area contributed by atoms with Gasteiger partial charge in [0.25, 0.3) is 0 Å². The smallest absolute Gasteiger partial charge is 0.0802 e. The highest BCUT2D eigenvalue weighted by molar-refractivity contribution is 5.47. The van der Waals surface area contributed by atoms with E-state index in [0.717, 1.165) is 12.0 Å². The molecule has 0 amide bonds. The van der Waals surface area contributed by atoms with Gasteiger partial charge in [0.2, 0.25) is 0 Å². The van der Waals surface area contributed by atoms with Crippen LogP contribution in [0.2, 0.25) is 0 Å².